The molecular formula is C12H22O4. The van der Waals surface area contributed by atoms with Gasteiger partial charge in [-0.2, -0.15) is 0 Å². The Kier molecular flexibility index (Phi) is 5.77. The van der Waals surface area contributed by atoms with Crippen molar-refractivity contribution in [3.63, 3.8) is 0 Å². The third kappa shape index (κ3) is 3.46. The number of aliphatic hydroxyl groups is 2. The van der Waals surface area contributed by atoms with Gasteiger partial charge in [0.25, 0.3) is 0 Å². The van der Waals surface area contributed by atoms with Crippen LogP contribution in [0.2, 0.25) is 0 Å². The van der Waals surface area contributed by atoms with Crippen molar-refractivity contribution in [1.29, 1.82) is 0 Å². The van der Waals surface area contributed by atoms with E-state index < -0.39 is 12.0 Å². The Morgan fingerprint density at radius 3 is 2.81 bits per heavy atom. The predicted octanol–water partition coefficient (Wildman–Crippen LogP) is 1.10. The summed E-state index contributed by atoms with van der Waals surface area (Å²) in [4.78, 5) is 11.4. The number of carbonyl (C=O) groups is 1. The smallest absolute Gasteiger partial charge is 0.312 e. The highest BCUT2D eigenvalue weighted by atomic mass is 16.5. The fourth-order valence-electron chi connectivity index (χ4n) is 2.18. The molecule has 1 unspecified atom stereocenters. The largest absolute Gasteiger partial charge is 0.465 e. The first-order valence-electron chi connectivity index (χ1n) is 6.16. The number of rotatable bonds is 7. The molecule has 1 saturated heterocycles. The summed E-state index contributed by atoms with van der Waals surface area (Å²) < 4.78 is 4.86. The Balaban J connectivity index is 2.33. The van der Waals surface area contributed by atoms with Crippen LogP contribution in [0.1, 0.15) is 39.0 Å². The molecule has 1 heterocycles. The van der Waals surface area contributed by atoms with Gasteiger partial charge in [0.05, 0.1) is 25.2 Å². The summed E-state index contributed by atoms with van der Waals surface area (Å²) in [7, 11) is 0. The van der Waals surface area contributed by atoms with E-state index in [0.717, 1.165) is 25.7 Å². The molecule has 94 valence electrons. The van der Waals surface area contributed by atoms with E-state index in [1.165, 1.54) is 0 Å². The number of cyclic esters (lactones) is 1. The van der Waals surface area contributed by atoms with Crippen molar-refractivity contribution in [3.05, 3.63) is 0 Å². The van der Waals surface area contributed by atoms with E-state index in [-0.39, 0.29) is 25.1 Å². The first-order valence-corrected chi connectivity index (χ1v) is 6.16. The van der Waals surface area contributed by atoms with Crippen LogP contribution >= 0.6 is 0 Å². The maximum Gasteiger partial charge on any atom is 0.312 e. The van der Waals surface area contributed by atoms with E-state index in [2.05, 4.69) is 6.92 Å². The zero-order valence-electron chi connectivity index (χ0n) is 9.89. The van der Waals surface area contributed by atoms with Crippen LogP contribution < -0.4 is 0 Å². The molecule has 4 heteroatoms. The fraction of sp³-hybridized carbons (Fsp3) is 0.917. The monoisotopic (exact) mass is 230 g/mol. The highest BCUT2D eigenvalue weighted by Gasteiger charge is 2.40. The van der Waals surface area contributed by atoms with E-state index in [0.29, 0.717) is 6.42 Å². The molecule has 1 fully saturated rings. The van der Waals surface area contributed by atoms with Gasteiger partial charge < -0.3 is 14.9 Å². The van der Waals surface area contributed by atoms with Crippen molar-refractivity contribution in [2.24, 2.45) is 11.8 Å². The van der Waals surface area contributed by atoms with E-state index in [4.69, 9.17) is 9.84 Å². The molecule has 0 bridgehead atoms. The fourth-order valence-corrected chi connectivity index (χ4v) is 2.18. The SMILES string of the molecule is CCCCCCC(O)[C@H]1C(=O)OC[C@H]1CO. The van der Waals surface area contributed by atoms with Crippen molar-refractivity contribution in [1.82, 2.24) is 0 Å². The number of unbranched alkanes of at least 4 members (excludes halogenated alkanes) is 3. The van der Waals surface area contributed by atoms with Crippen LogP contribution in [-0.2, 0) is 9.53 Å². The third-order valence-electron chi connectivity index (χ3n) is 3.22. The Hall–Kier alpha value is -0.610. The molecule has 0 spiro atoms. The van der Waals surface area contributed by atoms with Crippen molar-refractivity contribution in [2.45, 2.75) is 45.1 Å². The average molecular weight is 230 g/mol. The molecule has 4 nitrogen and oxygen atoms in total. The normalized spacial score (nSPS) is 26.8. The molecule has 1 aliphatic rings. The zero-order valence-corrected chi connectivity index (χ0v) is 9.89. The van der Waals surface area contributed by atoms with Crippen molar-refractivity contribution >= 4 is 5.97 Å². The Labute approximate surface area is 96.6 Å². The minimum atomic E-state index is -0.663. The van der Waals surface area contributed by atoms with Crippen LogP contribution in [0.15, 0.2) is 0 Å². The van der Waals surface area contributed by atoms with Crippen LogP contribution in [0.4, 0.5) is 0 Å². The maximum absolute atomic E-state index is 11.4. The topological polar surface area (TPSA) is 66.8 Å². The van der Waals surface area contributed by atoms with Gasteiger partial charge in [0.1, 0.15) is 0 Å². The first kappa shape index (κ1) is 13.5. The molecule has 0 aromatic heterocycles. The summed E-state index contributed by atoms with van der Waals surface area (Å²) in [6.07, 6.45) is 4.28. The number of hydrogen-bond acceptors (Lipinski definition) is 4. The number of esters is 1. The number of aliphatic hydroxyl groups excluding tert-OH is 2. The van der Waals surface area contributed by atoms with Crippen LogP contribution in [0.3, 0.4) is 0 Å². The third-order valence-corrected chi connectivity index (χ3v) is 3.22. The summed E-state index contributed by atoms with van der Waals surface area (Å²) in [6, 6.07) is 0. The minimum absolute atomic E-state index is 0.0948. The molecule has 0 saturated carbocycles. The summed E-state index contributed by atoms with van der Waals surface area (Å²) in [5.74, 6) is -1.11. The van der Waals surface area contributed by atoms with Crippen molar-refractivity contribution in [3.8, 4) is 0 Å². The summed E-state index contributed by atoms with van der Waals surface area (Å²) in [5.41, 5.74) is 0. The molecular weight excluding hydrogens is 208 g/mol. The lowest BCUT2D eigenvalue weighted by atomic mass is 9.88. The molecule has 0 aromatic rings. The summed E-state index contributed by atoms with van der Waals surface area (Å²) >= 11 is 0. The van der Waals surface area contributed by atoms with Gasteiger partial charge >= 0.3 is 5.97 Å². The van der Waals surface area contributed by atoms with E-state index in [1.807, 2.05) is 0 Å². The van der Waals surface area contributed by atoms with Gasteiger partial charge in [0.15, 0.2) is 0 Å². The summed E-state index contributed by atoms with van der Waals surface area (Å²) in [5, 5.41) is 19.0. The maximum atomic E-state index is 11.4. The van der Waals surface area contributed by atoms with Crippen LogP contribution in [-0.4, -0.2) is 35.5 Å². The van der Waals surface area contributed by atoms with Crippen LogP contribution in [0.5, 0.6) is 0 Å². The Bertz CT molecular complexity index is 217. The zero-order chi connectivity index (χ0) is 12.0. The Morgan fingerprint density at radius 2 is 2.19 bits per heavy atom. The molecule has 0 aliphatic carbocycles. The van der Waals surface area contributed by atoms with Crippen molar-refractivity contribution in [2.75, 3.05) is 13.2 Å². The number of carbonyl (C=O) groups excluding carboxylic acids is 1. The molecule has 0 amide bonds. The van der Waals surface area contributed by atoms with Gasteiger partial charge in [0, 0.05) is 5.92 Å². The first-order chi connectivity index (χ1) is 7.70. The van der Waals surface area contributed by atoms with E-state index in [9.17, 15) is 9.90 Å². The Morgan fingerprint density at radius 1 is 1.44 bits per heavy atom. The lowest BCUT2D eigenvalue weighted by molar-refractivity contribution is -0.144. The number of hydrogen-bond donors (Lipinski definition) is 2. The van der Waals surface area contributed by atoms with Crippen LogP contribution in [0, 0.1) is 11.8 Å². The van der Waals surface area contributed by atoms with E-state index in [1.54, 1.807) is 0 Å². The van der Waals surface area contributed by atoms with Gasteiger partial charge in [-0.25, -0.2) is 0 Å². The number of ether oxygens (including phenoxy) is 1. The minimum Gasteiger partial charge on any atom is -0.465 e. The molecule has 0 radical (unpaired) electrons. The highest BCUT2D eigenvalue weighted by Crippen LogP contribution is 2.27. The predicted molar refractivity (Wildman–Crippen MR) is 59.8 cm³/mol. The summed E-state index contributed by atoms with van der Waals surface area (Å²) in [6.45, 7) is 2.28. The molecule has 2 N–H and O–H groups in total. The van der Waals surface area contributed by atoms with Gasteiger partial charge in [-0.05, 0) is 6.42 Å². The lowest BCUT2D eigenvalue weighted by Crippen LogP contribution is -2.31. The lowest BCUT2D eigenvalue weighted by Gasteiger charge is -2.19. The molecule has 3 atom stereocenters. The van der Waals surface area contributed by atoms with Gasteiger partial charge in [0.2, 0.25) is 0 Å². The van der Waals surface area contributed by atoms with Crippen molar-refractivity contribution < 1.29 is 19.7 Å². The second kappa shape index (κ2) is 6.86. The molecule has 16 heavy (non-hydrogen) atoms. The molecule has 0 aromatic carbocycles. The van der Waals surface area contributed by atoms with Gasteiger partial charge in [-0.15, -0.1) is 0 Å². The second-order valence-electron chi connectivity index (χ2n) is 4.52. The average Bonchev–Trinajstić information content (AvgIpc) is 2.65. The van der Waals surface area contributed by atoms with Gasteiger partial charge in [-0.1, -0.05) is 32.6 Å². The van der Waals surface area contributed by atoms with Gasteiger partial charge in [-0.3, -0.25) is 4.79 Å². The molecule has 1 aliphatic heterocycles. The van der Waals surface area contributed by atoms with Crippen LogP contribution in [0.25, 0.3) is 0 Å². The molecule has 1 rings (SSSR count). The quantitative estimate of drug-likeness (QED) is 0.507. The standard InChI is InChI=1S/C12H22O4/c1-2-3-4-5-6-10(14)11-9(7-13)8-16-12(11)15/h9-11,13-14H,2-8H2,1H3/t9-,10?,11+/m1/s1. The highest BCUT2D eigenvalue weighted by molar-refractivity contribution is 5.75. The van der Waals surface area contributed by atoms with E-state index >= 15 is 0 Å². The second-order valence-corrected chi connectivity index (χ2v) is 4.52.